The minimum absolute atomic E-state index is 0. The van der Waals surface area contributed by atoms with Gasteiger partial charge in [0.25, 0.3) is 0 Å². The number of halogens is 1. The number of hydrogen-bond donors (Lipinski definition) is 2. The molecule has 6 heteroatoms. The molecule has 0 spiro atoms. The molecule has 1 amide bonds. The summed E-state index contributed by atoms with van der Waals surface area (Å²) in [4.78, 5) is 18.6. The van der Waals surface area contributed by atoms with Crippen LogP contribution in [-0.2, 0) is 11.3 Å². The molecule has 0 aromatic heterocycles. The minimum atomic E-state index is -0.0440. The largest absolute Gasteiger partial charge is 0.350 e. The summed E-state index contributed by atoms with van der Waals surface area (Å²) in [5, 5.41) is 6.09. The molecular weight excluding hydrogens is 463 g/mol. The van der Waals surface area contributed by atoms with Crippen molar-refractivity contribution in [3.05, 3.63) is 77.9 Å². The Labute approximate surface area is 184 Å². The molecule has 1 aliphatic rings. The zero-order chi connectivity index (χ0) is 18.9. The first kappa shape index (κ1) is 21.9. The number of benzene rings is 2. The Bertz CT molecular complexity index is 806. The number of nitrogens with one attached hydrogen (secondary N) is 2. The van der Waals surface area contributed by atoms with Crippen LogP contribution in [0.5, 0.6) is 0 Å². The van der Waals surface area contributed by atoms with Crippen LogP contribution in [0.15, 0.2) is 71.7 Å². The lowest BCUT2D eigenvalue weighted by atomic mass is 10.00. The molecule has 0 saturated heterocycles. The molecule has 2 aromatic carbocycles. The summed E-state index contributed by atoms with van der Waals surface area (Å²) in [6.45, 7) is 2.42. The van der Waals surface area contributed by atoms with E-state index in [1.807, 2.05) is 36.4 Å². The van der Waals surface area contributed by atoms with Gasteiger partial charge in [-0.25, -0.2) is 0 Å². The Morgan fingerprint density at radius 3 is 2.32 bits per heavy atom. The summed E-state index contributed by atoms with van der Waals surface area (Å²) in [5.74, 6) is 0.714. The van der Waals surface area contributed by atoms with Crippen LogP contribution in [0.4, 0.5) is 0 Å². The van der Waals surface area contributed by atoms with Crippen molar-refractivity contribution in [1.82, 2.24) is 15.5 Å². The second kappa shape index (κ2) is 11.5. The number of amides is 1. The normalized spacial score (nSPS) is 14.0. The molecule has 0 aliphatic carbocycles. The van der Waals surface area contributed by atoms with E-state index >= 15 is 0 Å². The zero-order valence-electron chi connectivity index (χ0n) is 16.1. The van der Waals surface area contributed by atoms with E-state index < -0.39 is 0 Å². The molecule has 2 aromatic rings. The average molecular weight is 490 g/mol. The van der Waals surface area contributed by atoms with Crippen LogP contribution >= 0.6 is 24.0 Å². The van der Waals surface area contributed by atoms with Crippen molar-refractivity contribution in [2.75, 3.05) is 26.7 Å². The Hall–Kier alpha value is -2.35. The van der Waals surface area contributed by atoms with E-state index in [9.17, 15) is 4.79 Å². The quantitative estimate of drug-likeness (QED) is 0.385. The highest BCUT2D eigenvalue weighted by molar-refractivity contribution is 14.0. The predicted molar refractivity (Wildman–Crippen MR) is 126 cm³/mol. The smallest absolute Gasteiger partial charge is 0.239 e. The molecule has 3 rings (SSSR count). The lowest BCUT2D eigenvalue weighted by molar-refractivity contribution is -0.120. The van der Waals surface area contributed by atoms with Crippen molar-refractivity contribution < 1.29 is 4.79 Å². The number of rotatable bonds is 5. The van der Waals surface area contributed by atoms with Gasteiger partial charge in [-0.15, -0.1) is 24.0 Å². The van der Waals surface area contributed by atoms with Gasteiger partial charge >= 0.3 is 0 Å². The van der Waals surface area contributed by atoms with E-state index in [0.29, 0.717) is 6.54 Å². The molecular formula is C22H27IN4O. The molecule has 0 bridgehead atoms. The molecule has 1 heterocycles. The van der Waals surface area contributed by atoms with E-state index in [1.165, 1.54) is 11.1 Å². The van der Waals surface area contributed by atoms with Crippen LogP contribution in [0.25, 0.3) is 5.57 Å². The first-order valence-electron chi connectivity index (χ1n) is 9.27. The van der Waals surface area contributed by atoms with E-state index in [4.69, 9.17) is 0 Å². The number of carbonyl (C=O) groups is 1. The Kier molecular flexibility index (Phi) is 9.00. The fourth-order valence-corrected chi connectivity index (χ4v) is 3.13. The maximum absolute atomic E-state index is 12.1. The van der Waals surface area contributed by atoms with Gasteiger partial charge in [-0.2, -0.15) is 0 Å². The summed E-state index contributed by atoms with van der Waals surface area (Å²) in [6, 6.07) is 20.4. The molecule has 0 saturated carbocycles. The Balaban J connectivity index is 0.00000280. The molecule has 0 fully saturated rings. The third-order valence-corrected chi connectivity index (χ3v) is 4.60. The fourth-order valence-electron chi connectivity index (χ4n) is 3.13. The van der Waals surface area contributed by atoms with Gasteiger partial charge in [-0.3, -0.25) is 9.79 Å². The van der Waals surface area contributed by atoms with Gasteiger partial charge in [0.05, 0.1) is 6.54 Å². The van der Waals surface area contributed by atoms with Crippen molar-refractivity contribution in [2.24, 2.45) is 4.99 Å². The van der Waals surface area contributed by atoms with Crippen molar-refractivity contribution in [2.45, 2.75) is 13.0 Å². The van der Waals surface area contributed by atoms with E-state index in [2.05, 4.69) is 50.9 Å². The van der Waals surface area contributed by atoms with Crippen LogP contribution in [0, 0.1) is 0 Å². The molecule has 28 heavy (non-hydrogen) atoms. The topological polar surface area (TPSA) is 56.7 Å². The molecule has 148 valence electrons. The highest BCUT2D eigenvalue weighted by atomic mass is 127. The van der Waals surface area contributed by atoms with Crippen molar-refractivity contribution in [3.63, 3.8) is 0 Å². The third-order valence-electron chi connectivity index (χ3n) is 4.60. The summed E-state index contributed by atoms with van der Waals surface area (Å²) in [5.41, 5.74) is 3.73. The monoisotopic (exact) mass is 490 g/mol. The molecule has 0 unspecified atom stereocenters. The van der Waals surface area contributed by atoms with E-state index in [0.717, 1.165) is 31.0 Å². The molecule has 2 N–H and O–H groups in total. The van der Waals surface area contributed by atoms with Crippen LogP contribution in [0.1, 0.15) is 17.5 Å². The van der Waals surface area contributed by atoms with Crippen LogP contribution in [0.2, 0.25) is 0 Å². The predicted octanol–water partition coefficient (Wildman–Crippen LogP) is 3.29. The highest BCUT2D eigenvalue weighted by Crippen LogP contribution is 2.21. The second-order valence-corrected chi connectivity index (χ2v) is 6.45. The van der Waals surface area contributed by atoms with Gasteiger partial charge in [0, 0.05) is 26.7 Å². The summed E-state index contributed by atoms with van der Waals surface area (Å²) < 4.78 is 0. The molecule has 1 aliphatic heterocycles. The maximum Gasteiger partial charge on any atom is 0.239 e. The van der Waals surface area contributed by atoms with Crippen LogP contribution in [-0.4, -0.2) is 43.4 Å². The minimum Gasteiger partial charge on any atom is -0.350 e. The molecule has 0 atom stereocenters. The number of nitrogens with zero attached hydrogens (tertiary/aromatic N) is 2. The molecule has 0 radical (unpaired) electrons. The standard InChI is InChI=1S/C22H26N4O.HI/c1-23-22(25-17-21(27)24-16-18-8-4-2-5-9-18)26-14-12-20(13-15-26)19-10-6-3-7-11-19;/h2-12H,13-17H2,1H3,(H,23,25)(H,24,27);1H. The van der Waals surface area contributed by atoms with E-state index in [1.54, 1.807) is 7.05 Å². The van der Waals surface area contributed by atoms with Gasteiger partial charge in [-0.1, -0.05) is 66.7 Å². The average Bonchev–Trinajstić information content (AvgIpc) is 2.74. The van der Waals surface area contributed by atoms with Crippen LogP contribution in [0.3, 0.4) is 0 Å². The number of aliphatic imine (C=N–C) groups is 1. The van der Waals surface area contributed by atoms with Crippen molar-refractivity contribution >= 4 is 41.4 Å². The second-order valence-electron chi connectivity index (χ2n) is 6.45. The summed E-state index contributed by atoms with van der Waals surface area (Å²) >= 11 is 0. The van der Waals surface area contributed by atoms with Gasteiger partial charge in [0.1, 0.15) is 0 Å². The van der Waals surface area contributed by atoms with Crippen molar-refractivity contribution in [3.8, 4) is 0 Å². The third kappa shape index (κ3) is 6.37. The number of hydrogen-bond acceptors (Lipinski definition) is 2. The van der Waals surface area contributed by atoms with Gasteiger partial charge in [-0.05, 0) is 23.1 Å². The molecule has 5 nitrogen and oxygen atoms in total. The van der Waals surface area contributed by atoms with Gasteiger partial charge in [0.2, 0.25) is 5.91 Å². The lowest BCUT2D eigenvalue weighted by Crippen LogP contribution is -2.46. The fraction of sp³-hybridized carbons (Fsp3) is 0.273. The van der Waals surface area contributed by atoms with Crippen molar-refractivity contribution in [1.29, 1.82) is 0 Å². The van der Waals surface area contributed by atoms with Crippen LogP contribution < -0.4 is 10.6 Å². The number of carbonyl (C=O) groups excluding carboxylic acids is 1. The zero-order valence-corrected chi connectivity index (χ0v) is 18.4. The first-order chi connectivity index (χ1) is 13.3. The summed E-state index contributed by atoms with van der Waals surface area (Å²) in [7, 11) is 1.75. The maximum atomic E-state index is 12.1. The lowest BCUT2D eigenvalue weighted by Gasteiger charge is -2.29. The summed E-state index contributed by atoms with van der Waals surface area (Å²) in [6.07, 6.45) is 3.20. The highest BCUT2D eigenvalue weighted by Gasteiger charge is 2.16. The van der Waals surface area contributed by atoms with Gasteiger partial charge in [0.15, 0.2) is 5.96 Å². The van der Waals surface area contributed by atoms with E-state index in [-0.39, 0.29) is 36.4 Å². The Morgan fingerprint density at radius 2 is 1.71 bits per heavy atom. The Morgan fingerprint density at radius 1 is 1.04 bits per heavy atom. The number of guanidine groups is 1. The first-order valence-corrected chi connectivity index (χ1v) is 9.27. The SMILES string of the molecule is CN=C(NCC(=O)NCc1ccccc1)N1CC=C(c2ccccc2)CC1.I. The van der Waals surface area contributed by atoms with Gasteiger partial charge < -0.3 is 15.5 Å².